The van der Waals surface area contributed by atoms with E-state index in [2.05, 4.69) is 15.3 Å². The van der Waals surface area contributed by atoms with Gasteiger partial charge in [-0.2, -0.15) is 0 Å². The Labute approximate surface area is 118 Å². The molecule has 0 aliphatic carbocycles. The largest absolute Gasteiger partial charge is 0.545 e. The normalized spacial score (nSPS) is 9.90. The van der Waals surface area contributed by atoms with E-state index in [4.69, 9.17) is 0 Å². The van der Waals surface area contributed by atoms with Crippen LogP contribution in [-0.2, 0) is 0 Å². The van der Waals surface area contributed by atoms with Gasteiger partial charge in [0.25, 0.3) is 5.91 Å². The summed E-state index contributed by atoms with van der Waals surface area (Å²) in [5.41, 5.74) is -1.02. The Morgan fingerprint density at radius 3 is 2.24 bits per heavy atom. The van der Waals surface area contributed by atoms with Gasteiger partial charge in [-0.3, -0.25) is 9.78 Å². The minimum Gasteiger partial charge on any atom is -0.545 e. The number of nitrogens with one attached hydrogen (secondary N) is 1. The van der Waals surface area contributed by atoms with Gasteiger partial charge in [0.2, 0.25) is 0 Å². The first-order valence-corrected chi connectivity index (χ1v) is 5.64. The topological polar surface area (TPSA) is 135 Å². The number of hydrogen-bond acceptors (Lipinski definition) is 7. The lowest BCUT2D eigenvalue weighted by molar-refractivity contribution is -0.256. The van der Waals surface area contributed by atoms with E-state index in [0.717, 1.165) is 12.4 Å². The molecule has 0 saturated carbocycles. The molecule has 1 amide bonds. The van der Waals surface area contributed by atoms with Gasteiger partial charge in [-0.1, -0.05) is 12.1 Å². The molecular weight excluding hydrogens is 278 g/mol. The molecule has 0 bridgehead atoms. The highest BCUT2D eigenvalue weighted by atomic mass is 16.4. The first-order chi connectivity index (χ1) is 9.99. The van der Waals surface area contributed by atoms with Crippen molar-refractivity contribution in [3.63, 3.8) is 0 Å². The molecule has 2 aromatic rings. The van der Waals surface area contributed by atoms with E-state index in [1.54, 1.807) is 0 Å². The summed E-state index contributed by atoms with van der Waals surface area (Å²) in [6.07, 6.45) is 2.26. The number of carbonyl (C=O) groups excluding carboxylic acids is 3. The van der Waals surface area contributed by atoms with Gasteiger partial charge in [0, 0.05) is 18.1 Å². The van der Waals surface area contributed by atoms with Gasteiger partial charge >= 0.3 is 0 Å². The van der Waals surface area contributed by atoms with Crippen LogP contribution in [0, 0.1) is 0 Å². The molecule has 1 heterocycles. The summed E-state index contributed by atoms with van der Waals surface area (Å²) < 4.78 is 0. The van der Waals surface area contributed by atoms with Crippen LogP contribution < -0.4 is 15.5 Å². The molecule has 0 spiro atoms. The molecule has 1 N–H and O–H groups in total. The number of aromatic carboxylic acids is 2. The number of rotatable bonds is 4. The summed E-state index contributed by atoms with van der Waals surface area (Å²) in [7, 11) is 0. The fourth-order valence-electron chi connectivity index (χ4n) is 1.57. The molecule has 0 unspecified atom stereocenters. The van der Waals surface area contributed by atoms with Crippen molar-refractivity contribution in [1.82, 2.24) is 9.97 Å². The molecular formula is C13H7N3O5-2. The lowest BCUT2D eigenvalue weighted by Gasteiger charge is -2.10. The van der Waals surface area contributed by atoms with Crippen LogP contribution in [0.4, 0.5) is 5.69 Å². The monoisotopic (exact) mass is 285 g/mol. The predicted octanol–water partition coefficient (Wildman–Crippen LogP) is -1.54. The molecule has 21 heavy (non-hydrogen) atoms. The fraction of sp³-hybridized carbons (Fsp3) is 0. The van der Waals surface area contributed by atoms with Gasteiger partial charge in [0.1, 0.15) is 5.69 Å². The Kier molecular flexibility index (Phi) is 3.89. The Morgan fingerprint density at radius 1 is 0.952 bits per heavy atom. The highest BCUT2D eigenvalue weighted by molar-refractivity contribution is 6.08. The molecule has 2 rings (SSSR count). The van der Waals surface area contributed by atoms with Crippen LogP contribution in [0.15, 0.2) is 36.7 Å². The minimum atomic E-state index is -1.64. The van der Waals surface area contributed by atoms with Gasteiger partial charge in [-0.25, -0.2) is 4.98 Å². The summed E-state index contributed by atoms with van der Waals surface area (Å²) >= 11 is 0. The van der Waals surface area contributed by atoms with E-state index in [9.17, 15) is 24.6 Å². The molecule has 1 aromatic carbocycles. The van der Waals surface area contributed by atoms with Crippen molar-refractivity contribution in [2.75, 3.05) is 5.32 Å². The average molecular weight is 285 g/mol. The second-order valence-corrected chi connectivity index (χ2v) is 3.86. The third-order valence-corrected chi connectivity index (χ3v) is 2.46. The Hall–Kier alpha value is -3.29. The van der Waals surface area contributed by atoms with Crippen molar-refractivity contribution in [2.45, 2.75) is 0 Å². The number of hydrogen-bond donors (Lipinski definition) is 1. The lowest BCUT2D eigenvalue weighted by atomic mass is 10.2. The van der Waals surface area contributed by atoms with E-state index in [1.165, 1.54) is 24.3 Å². The van der Waals surface area contributed by atoms with Gasteiger partial charge < -0.3 is 25.1 Å². The smallest absolute Gasteiger partial charge is 0.276 e. The molecule has 8 nitrogen and oxygen atoms in total. The summed E-state index contributed by atoms with van der Waals surface area (Å²) in [5, 5.41) is 23.9. The Morgan fingerprint density at radius 2 is 1.62 bits per heavy atom. The lowest BCUT2D eigenvalue weighted by Crippen LogP contribution is -2.28. The molecule has 0 fully saturated rings. The molecule has 0 aliphatic rings. The van der Waals surface area contributed by atoms with E-state index >= 15 is 0 Å². The highest BCUT2D eigenvalue weighted by Crippen LogP contribution is 2.12. The van der Waals surface area contributed by atoms with Gasteiger partial charge in [-0.15, -0.1) is 0 Å². The number of aromatic nitrogens is 2. The number of benzene rings is 1. The fourth-order valence-corrected chi connectivity index (χ4v) is 1.57. The van der Waals surface area contributed by atoms with Gasteiger partial charge in [-0.05, 0) is 17.7 Å². The van der Waals surface area contributed by atoms with Crippen molar-refractivity contribution in [3.8, 4) is 0 Å². The highest BCUT2D eigenvalue weighted by Gasteiger charge is 2.15. The summed E-state index contributed by atoms with van der Waals surface area (Å²) in [6.45, 7) is 0. The molecule has 0 aliphatic heterocycles. The number of carboxylic acid groups (broad SMARTS) is 2. The second kappa shape index (κ2) is 5.78. The number of nitrogens with zero attached hydrogens (tertiary/aromatic N) is 2. The van der Waals surface area contributed by atoms with Gasteiger partial charge in [0.05, 0.1) is 11.9 Å². The molecule has 1 aromatic heterocycles. The molecule has 0 atom stereocenters. The van der Waals surface area contributed by atoms with E-state index < -0.39 is 29.2 Å². The number of anilines is 1. The van der Waals surface area contributed by atoms with Crippen LogP contribution in [0.1, 0.15) is 31.3 Å². The van der Waals surface area contributed by atoms with Crippen LogP contribution in [-0.4, -0.2) is 27.8 Å². The van der Waals surface area contributed by atoms with Crippen LogP contribution in [0.2, 0.25) is 0 Å². The van der Waals surface area contributed by atoms with E-state index in [1.807, 2.05) is 0 Å². The number of amides is 1. The zero-order valence-corrected chi connectivity index (χ0v) is 10.4. The van der Waals surface area contributed by atoms with E-state index in [-0.39, 0.29) is 11.3 Å². The van der Waals surface area contributed by atoms with Gasteiger partial charge in [0.15, 0.2) is 5.69 Å². The molecule has 0 radical (unpaired) electrons. The molecule has 8 heteroatoms. The van der Waals surface area contributed by atoms with Crippen LogP contribution in [0.25, 0.3) is 0 Å². The maximum Gasteiger partial charge on any atom is 0.276 e. The van der Waals surface area contributed by atoms with Crippen LogP contribution >= 0.6 is 0 Å². The maximum absolute atomic E-state index is 12.0. The summed E-state index contributed by atoms with van der Waals surface area (Å²) in [6, 6.07) is 5.29. The van der Waals surface area contributed by atoms with E-state index in [0.29, 0.717) is 0 Å². The summed E-state index contributed by atoms with van der Waals surface area (Å²) in [4.78, 5) is 40.6. The van der Waals surface area contributed by atoms with Crippen molar-refractivity contribution in [2.24, 2.45) is 0 Å². The standard InChI is InChI=1S/C13H9N3O5/c17-11(9-10(13(20)21)15-5-4-14-9)16-8-3-1-2-7(6-8)12(18)19/h1-6H,(H,16,17)(H,18,19)(H,20,21)/p-2. The predicted molar refractivity (Wildman–Crippen MR) is 65.1 cm³/mol. The zero-order chi connectivity index (χ0) is 15.4. The first-order valence-electron chi connectivity index (χ1n) is 5.64. The zero-order valence-electron chi connectivity index (χ0n) is 10.4. The minimum absolute atomic E-state index is 0.132. The molecule has 0 saturated heterocycles. The van der Waals surface area contributed by atoms with Crippen molar-refractivity contribution in [1.29, 1.82) is 0 Å². The Balaban J connectivity index is 2.28. The maximum atomic E-state index is 12.0. The third kappa shape index (κ3) is 3.18. The third-order valence-electron chi connectivity index (χ3n) is 2.46. The second-order valence-electron chi connectivity index (χ2n) is 3.86. The van der Waals surface area contributed by atoms with Crippen molar-refractivity contribution in [3.05, 3.63) is 53.6 Å². The SMILES string of the molecule is O=C([O-])c1cccc(NC(=O)c2nccnc2C(=O)[O-])c1. The first kappa shape index (κ1) is 14.1. The van der Waals surface area contributed by atoms with Crippen molar-refractivity contribution < 1.29 is 24.6 Å². The Bertz CT molecular complexity index is 729. The van der Waals surface area contributed by atoms with Crippen molar-refractivity contribution >= 4 is 23.5 Å². The van der Waals surface area contributed by atoms with Crippen LogP contribution in [0.3, 0.4) is 0 Å². The average Bonchev–Trinajstić information content (AvgIpc) is 2.47. The van der Waals surface area contributed by atoms with Crippen LogP contribution in [0.5, 0.6) is 0 Å². The number of carboxylic acids is 2. The molecule has 106 valence electrons. The summed E-state index contributed by atoms with van der Waals surface area (Å²) in [5.74, 6) is -3.89. The number of carbonyl (C=O) groups is 3. The quantitative estimate of drug-likeness (QED) is 0.718.